The van der Waals surface area contributed by atoms with Crippen LogP contribution in [0.5, 0.6) is 0 Å². The Morgan fingerprint density at radius 1 is 1.47 bits per heavy atom. The molecule has 1 saturated heterocycles. The van der Waals surface area contributed by atoms with E-state index in [0.29, 0.717) is 18.4 Å². The Morgan fingerprint density at radius 3 is 2.68 bits per heavy atom. The summed E-state index contributed by atoms with van der Waals surface area (Å²) in [6.45, 7) is 11.6. The van der Waals surface area contributed by atoms with Crippen molar-refractivity contribution in [2.45, 2.75) is 27.7 Å². The van der Waals surface area contributed by atoms with Gasteiger partial charge in [0.25, 0.3) is 0 Å². The molecule has 0 amide bonds. The molecule has 0 aliphatic carbocycles. The average molecular weight is 269 g/mol. The molecule has 1 heterocycles. The van der Waals surface area contributed by atoms with Gasteiger partial charge in [0, 0.05) is 26.2 Å². The highest BCUT2D eigenvalue weighted by Crippen LogP contribution is 2.24. The van der Waals surface area contributed by atoms with Crippen molar-refractivity contribution in [3.8, 4) is 0 Å². The number of ether oxygens (including phenoxy) is 1. The molecule has 2 atom stereocenters. The maximum atomic E-state index is 11.7. The van der Waals surface area contributed by atoms with Crippen LogP contribution in [0.1, 0.15) is 27.7 Å². The summed E-state index contributed by atoms with van der Waals surface area (Å²) in [5.41, 5.74) is 0. The topological polar surface area (TPSA) is 53.9 Å². The van der Waals surface area contributed by atoms with Gasteiger partial charge in [-0.3, -0.25) is 9.79 Å². The van der Waals surface area contributed by atoms with Gasteiger partial charge in [0.05, 0.1) is 13.0 Å². The van der Waals surface area contributed by atoms with Gasteiger partial charge in [0.15, 0.2) is 5.96 Å². The highest BCUT2D eigenvalue weighted by atomic mass is 16.5. The molecule has 1 rings (SSSR count). The first-order valence-electron chi connectivity index (χ1n) is 7.10. The standard InChI is InChI=1S/C14H27N3O2/c1-6-15-14(16-7-10(2)3)17-8-11(4)12(9-17)13(18)19-5/h10-12H,6-9H2,1-5H3,(H,15,16). The van der Waals surface area contributed by atoms with Gasteiger partial charge < -0.3 is 15.0 Å². The normalized spacial score (nSPS) is 23.9. The second kappa shape index (κ2) is 7.36. The van der Waals surface area contributed by atoms with Crippen LogP contribution >= 0.6 is 0 Å². The molecular formula is C14H27N3O2. The summed E-state index contributed by atoms with van der Waals surface area (Å²) in [5.74, 6) is 1.58. The maximum Gasteiger partial charge on any atom is 0.310 e. The summed E-state index contributed by atoms with van der Waals surface area (Å²) in [6, 6.07) is 0. The number of rotatable bonds is 4. The molecule has 0 bridgehead atoms. The molecular weight excluding hydrogens is 242 g/mol. The molecule has 0 aromatic heterocycles. The van der Waals surface area contributed by atoms with Crippen molar-refractivity contribution in [3.63, 3.8) is 0 Å². The number of carbonyl (C=O) groups excluding carboxylic acids is 1. The van der Waals surface area contributed by atoms with Crippen LogP contribution in [0.25, 0.3) is 0 Å². The minimum absolute atomic E-state index is 0.0482. The lowest BCUT2D eigenvalue weighted by Crippen LogP contribution is -2.40. The number of methoxy groups -OCH3 is 1. The van der Waals surface area contributed by atoms with Gasteiger partial charge in [-0.05, 0) is 18.8 Å². The number of hydrogen-bond acceptors (Lipinski definition) is 3. The minimum Gasteiger partial charge on any atom is -0.469 e. The van der Waals surface area contributed by atoms with Gasteiger partial charge in [-0.25, -0.2) is 0 Å². The molecule has 0 spiro atoms. The largest absolute Gasteiger partial charge is 0.469 e. The quantitative estimate of drug-likeness (QED) is 0.475. The van der Waals surface area contributed by atoms with E-state index < -0.39 is 0 Å². The Balaban J connectivity index is 2.71. The molecule has 0 aromatic carbocycles. The molecule has 1 aliphatic heterocycles. The van der Waals surface area contributed by atoms with Gasteiger partial charge in [0.1, 0.15) is 0 Å². The van der Waals surface area contributed by atoms with Crippen LogP contribution in [0.4, 0.5) is 0 Å². The molecule has 5 heteroatoms. The zero-order chi connectivity index (χ0) is 14.4. The average Bonchev–Trinajstić information content (AvgIpc) is 2.75. The first kappa shape index (κ1) is 15.8. The monoisotopic (exact) mass is 269 g/mol. The van der Waals surface area contributed by atoms with Crippen molar-refractivity contribution < 1.29 is 9.53 Å². The van der Waals surface area contributed by atoms with E-state index in [-0.39, 0.29) is 11.9 Å². The van der Waals surface area contributed by atoms with E-state index >= 15 is 0 Å². The van der Waals surface area contributed by atoms with Gasteiger partial charge in [0.2, 0.25) is 0 Å². The highest BCUT2D eigenvalue weighted by molar-refractivity contribution is 5.82. The van der Waals surface area contributed by atoms with Crippen molar-refractivity contribution in [3.05, 3.63) is 0 Å². The fourth-order valence-electron chi connectivity index (χ4n) is 2.29. The Labute approximate surface area is 116 Å². The summed E-state index contributed by atoms with van der Waals surface area (Å²) in [6.07, 6.45) is 0. The lowest BCUT2D eigenvalue weighted by Gasteiger charge is -2.21. The predicted molar refractivity (Wildman–Crippen MR) is 77.1 cm³/mol. The third-order valence-corrected chi connectivity index (χ3v) is 3.36. The van der Waals surface area contributed by atoms with Crippen LogP contribution < -0.4 is 5.32 Å². The molecule has 110 valence electrons. The lowest BCUT2D eigenvalue weighted by molar-refractivity contribution is -0.145. The second-order valence-corrected chi connectivity index (χ2v) is 5.60. The van der Waals surface area contributed by atoms with Crippen molar-refractivity contribution in [1.29, 1.82) is 0 Å². The van der Waals surface area contributed by atoms with Gasteiger partial charge in [-0.1, -0.05) is 20.8 Å². The highest BCUT2D eigenvalue weighted by Gasteiger charge is 2.36. The first-order valence-corrected chi connectivity index (χ1v) is 7.10. The van der Waals surface area contributed by atoms with E-state index in [1.807, 2.05) is 0 Å². The number of carbonyl (C=O) groups is 1. The van der Waals surface area contributed by atoms with Crippen molar-refractivity contribution >= 4 is 11.9 Å². The maximum absolute atomic E-state index is 11.7. The minimum atomic E-state index is -0.116. The number of nitrogens with one attached hydrogen (secondary N) is 1. The lowest BCUT2D eigenvalue weighted by atomic mass is 9.99. The molecule has 2 unspecified atom stereocenters. The Morgan fingerprint density at radius 2 is 2.16 bits per heavy atom. The third-order valence-electron chi connectivity index (χ3n) is 3.36. The SMILES string of the molecule is CCNC(=NCC(C)C)N1CC(C)C(C(=O)OC)C1. The molecule has 0 aromatic rings. The van der Waals surface area contributed by atoms with E-state index in [2.05, 4.69) is 42.9 Å². The summed E-state index contributed by atoms with van der Waals surface area (Å²) in [4.78, 5) is 18.5. The van der Waals surface area contributed by atoms with Gasteiger partial charge >= 0.3 is 5.97 Å². The van der Waals surface area contributed by atoms with Crippen molar-refractivity contribution in [2.75, 3.05) is 33.3 Å². The van der Waals surface area contributed by atoms with Crippen LogP contribution in [0.2, 0.25) is 0 Å². The zero-order valence-electron chi connectivity index (χ0n) is 12.8. The van der Waals surface area contributed by atoms with Gasteiger partial charge in [-0.2, -0.15) is 0 Å². The smallest absolute Gasteiger partial charge is 0.310 e. The Kier molecular flexibility index (Phi) is 6.12. The van der Waals surface area contributed by atoms with Crippen LogP contribution in [0.15, 0.2) is 4.99 Å². The van der Waals surface area contributed by atoms with E-state index in [0.717, 1.165) is 25.6 Å². The van der Waals surface area contributed by atoms with E-state index in [1.54, 1.807) is 0 Å². The second-order valence-electron chi connectivity index (χ2n) is 5.60. The first-order chi connectivity index (χ1) is 8.99. The van der Waals surface area contributed by atoms with Crippen LogP contribution in [0, 0.1) is 17.8 Å². The van der Waals surface area contributed by atoms with Crippen molar-refractivity contribution in [2.24, 2.45) is 22.7 Å². The van der Waals surface area contributed by atoms with Crippen LogP contribution in [0.3, 0.4) is 0 Å². The number of esters is 1. The molecule has 0 radical (unpaired) electrons. The zero-order valence-corrected chi connectivity index (χ0v) is 12.8. The predicted octanol–water partition coefficient (Wildman–Crippen LogP) is 1.35. The molecule has 0 saturated carbocycles. The number of likely N-dealkylation sites (tertiary alicyclic amines) is 1. The Bertz CT molecular complexity index is 329. The summed E-state index contributed by atoms with van der Waals surface area (Å²) < 4.78 is 4.86. The van der Waals surface area contributed by atoms with Gasteiger partial charge in [-0.15, -0.1) is 0 Å². The third kappa shape index (κ3) is 4.40. The number of guanidine groups is 1. The molecule has 1 N–H and O–H groups in total. The van der Waals surface area contributed by atoms with Crippen LogP contribution in [-0.4, -0.2) is 50.1 Å². The summed E-state index contributed by atoms with van der Waals surface area (Å²) in [7, 11) is 1.45. The molecule has 1 aliphatic rings. The van der Waals surface area contributed by atoms with Crippen LogP contribution in [-0.2, 0) is 9.53 Å². The fraction of sp³-hybridized carbons (Fsp3) is 0.857. The van der Waals surface area contributed by atoms with E-state index in [1.165, 1.54) is 7.11 Å². The number of hydrogen-bond donors (Lipinski definition) is 1. The number of nitrogens with zero attached hydrogens (tertiary/aromatic N) is 2. The number of aliphatic imine (C=N–C) groups is 1. The van der Waals surface area contributed by atoms with E-state index in [9.17, 15) is 4.79 Å². The summed E-state index contributed by atoms with van der Waals surface area (Å²) >= 11 is 0. The fourth-order valence-corrected chi connectivity index (χ4v) is 2.29. The molecule has 19 heavy (non-hydrogen) atoms. The molecule has 1 fully saturated rings. The van der Waals surface area contributed by atoms with Crippen molar-refractivity contribution in [1.82, 2.24) is 10.2 Å². The Hall–Kier alpha value is -1.26. The van der Waals surface area contributed by atoms with E-state index in [4.69, 9.17) is 4.74 Å². The molecule has 5 nitrogen and oxygen atoms in total. The summed E-state index contributed by atoms with van der Waals surface area (Å²) in [5, 5.41) is 3.30.